The third-order valence-corrected chi connectivity index (χ3v) is 3.90. The van der Waals surface area contributed by atoms with E-state index in [1.54, 1.807) is 0 Å². The first-order chi connectivity index (χ1) is 9.42. The third-order valence-electron chi connectivity index (χ3n) is 3.19. The Labute approximate surface area is 113 Å². The largest absolute Gasteiger partial charge is 0.256 e. The van der Waals surface area contributed by atoms with Crippen LogP contribution < -0.4 is 0 Å². The quantitative estimate of drug-likeness (QED) is 0.522. The molecule has 4 aromatic rings. The second kappa shape index (κ2) is 4.10. The number of hydrogen-bond donors (Lipinski definition) is 0. The van der Waals surface area contributed by atoms with Gasteiger partial charge in [-0.15, -0.1) is 5.10 Å². The zero-order chi connectivity index (χ0) is 12.7. The van der Waals surface area contributed by atoms with Crippen molar-refractivity contribution in [2.24, 2.45) is 0 Å². The molecule has 0 saturated heterocycles. The van der Waals surface area contributed by atoms with E-state index in [0.717, 1.165) is 26.9 Å². The molecule has 4 rings (SSSR count). The average Bonchev–Trinajstić information content (AvgIpc) is 2.94. The molecule has 0 atom stereocenters. The topological polar surface area (TPSA) is 38.7 Å². The Morgan fingerprint density at radius 3 is 2.89 bits per heavy atom. The molecule has 0 amide bonds. The Hall–Kier alpha value is -2.33. The van der Waals surface area contributed by atoms with Crippen LogP contribution >= 0.6 is 11.5 Å². The van der Waals surface area contributed by atoms with E-state index in [1.807, 2.05) is 30.5 Å². The van der Waals surface area contributed by atoms with Crippen LogP contribution in [0.1, 0.15) is 0 Å². The minimum Gasteiger partial charge on any atom is -0.256 e. The molecule has 0 aliphatic heterocycles. The van der Waals surface area contributed by atoms with Gasteiger partial charge in [-0.3, -0.25) is 4.98 Å². The van der Waals surface area contributed by atoms with Gasteiger partial charge in [-0.2, -0.15) is 0 Å². The van der Waals surface area contributed by atoms with Crippen molar-refractivity contribution in [1.29, 1.82) is 0 Å². The van der Waals surface area contributed by atoms with Gasteiger partial charge in [0.05, 0.1) is 10.4 Å². The number of fused-ring (bicyclic) bond motifs is 2. The molecule has 2 aromatic carbocycles. The van der Waals surface area contributed by atoms with Crippen LogP contribution in [0.2, 0.25) is 0 Å². The average molecular weight is 263 g/mol. The van der Waals surface area contributed by atoms with Crippen molar-refractivity contribution in [2.45, 2.75) is 0 Å². The maximum atomic E-state index is 4.52. The van der Waals surface area contributed by atoms with E-state index in [0.29, 0.717) is 0 Å². The second-order valence-electron chi connectivity index (χ2n) is 4.34. The van der Waals surface area contributed by atoms with Crippen molar-refractivity contribution in [3.05, 3.63) is 54.7 Å². The molecule has 0 aliphatic carbocycles. The summed E-state index contributed by atoms with van der Waals surface area (Å²) in [5.74, 6) is 0. The van der Waals surface area contributed by atoms with Gasteiger partial charge in [-0.05, 0) is 35.1 Å². The highest BCUT2D eigenvalue weighted by Gasteiger charge is 2.07. The Bertz CT molecular complexity index is 877. The molecule has 0 radical (unpaired) electrons. The van der Waals surface area contributed by atoms with Gasteiger partial charge in [-0.25, -0.2) is 0 Å². The fraction of sp³-hybridized carbons (Fsp3) is 0. The number of hydrogen-bond acceptors (Lipinski definition) is 4. The summed E-state index contributed by atoms with van der Waals surface area (Å²) in [7, 11) is 0. The van der Waals surface area contributed by atoms with Crippen LogP contribution in [0.15, 0.2) is 54.7 Å². The van der Waals surface area contributed by atoms with E-state index >= 15 is 0 Å². The van der Waals surface area contributed by atoms with E-state index < -0.39 is 0 Å². The maximum absolute atomic E-state index is 4.52. The first-order valence-electron chi connectivity index (χ1n) is 5.98. The predicted molar refractivity (Wildman–Crippen MR) is 78.2 cm³/mol. The molecule has 3 nitrogen and oxygen atoms in total. The van der Waals surface area contributed by atoms with Crippen LogP contribution in [-0.4, -0.2) is 14.6 Å². The highest BCUT2D eigenvalue weighted by Crippen LogP contribution is 2.28. The standard InChI is InChI=1S/C15H9N3S/c1-2-4-12-10(3-1)7-8-16-15(12)11-5-6-14-13(9-11)17-18-19-14/h1-9H. The monoisotopic (exact) mass is 263 g/mol. The van der Waals surface area contributed by atoms with Crippen molar-refractivity contribution in [3.63, 3.8) is 0 Å². The Balaban J connectivity index is 2.03. The molecule has 0 fully saturated rings. The highest BCUT2D eigenvalue weighted by atomic mass is 32.1. The first kappa shape index (κ1) is 10.6. The zero-order valence-corrected chi connectivity index (χ0v) is 10.8. The van der Waals surface area contributed by atoms with Crippen LogP contribution in [0.3, 0.4) is 0 Å². The van der Waals surface area contributed by atoms with E-state index in [4.69, 9.17) is 0 Å². The molecule has 90 valence electrons. The molecule has 4 heteroatoms. The summed E-state index contributed by atoms with van der Waals surface area (Å²) >= 11 is 1.41. The number of aromatic nitrogens is 3. The van der Waals surface area contributed by atoms with E-state index in [-0.39, 0.29) is 0 Å². The lowest BCUT2D eigenvalue weighted by Gasteiger charge is -2.05. The van der Waals surface area contributed by atoms with Crippen LogP contribution in [-0.2, 0) is 0 Å². The van der Waals surface area contributed by atoms with Gasteiger partial charge < -0.3 is 0 Å². The normalized spacial score (nSPS) is 11.2. The summed E-state index contributed by atoms with van der Waals surface area (Å²) in [4.78, 5) is 4.52. The summed E-state index contributed by atoms with van der Waals surface area (Å²) < 4.78 is 5.07. The van der Waals surface area contributed by atoms with E-state index in [9.17, 15) is 0 Å². The summed E-state index contributed by atoms with van der Waals surface area (Å²) in [5, 5.41) is 6.48. The Kier molecular flexibility index (Phi) is 2.28. The van der Waals surface area contributed by atoms with Gasteiger partial charge >= 0.3 is 0 Å². The van der Waals surface area contributed by atoms with Gasteiger partial charge in [0.2, 0.25) is 0 Å². The van der Waals surface area contributed by atoms with Gasteiger partial charge in [0.1, 0.15) is 5.52 Å². The molecule has 0 bridgehead atoms. The lowest BCUT2D eigenvalue weighted by molar-refractivity contribution is 1.20. The number of pyridine rings is 1. The van der Waals surface area contributed by atoms with Gasteiger partial charge in [0, 0.05) is 17.1 Å². The van der Waals surface area contributed by atoms with Crippen molar-refractivity contribution in [1.82, 2.24) is 14.6 Å². The summed E-state index contributed by atoms with van der Waals surface area (Å²) in [6.45, 7) is 0. The third kappa shape index (κ3) is 1.69. The van der Waals surface area contributed by atoms with Crippen LogP contribution in [0.4, 0.5) is 0 Å². The molecule has 0 aliphatic rings. The lowest BCUT2D eigenvalue weighted by Crippen LogP contribution is -1.85. The van der Waals surface area contributed by atoms with Crippen molar-refractivity contribution in [2.75, 3.05) is 0 Å². The molecule has 0 N–H and O–H groups in total. The number of nitrogens with zero attached hydrogens (tertiary/aromatic N) is 3. The molecule has 2 aromatic heterocycles. The van der Waals surface area contributed by atoms with Gasteiger partial charge in [0.25, 0.3) is 0 Å². The molecule has 0 spiro atoms. The molecular weight excluding hydrogens is 254 g/mol. The summed E-state index contributed by atoms with van der Waals surface area (Å²) in [6.07, 6.45) is 1.85. The molecule has 2 heterocycles. The zero-order valence-electron chi connectivity index (χ0n) is 9.95. The lowest BCUT2D eigenvalue weighted by atomic mass is 10.0. The van der Waals surface area contributed by atoms with Crippen molar-refractivity contribution >= 4 is 32.5 Å². The van der Waals surface area contributed by atoms with Crippen LogP contribution in [0.25, 0.3) is 32.2 Å². The molecule has 0 saturated carbocycles. The minimum absolute atomic E-state index is 0.928. The van der Waals surface area contributed by atoms with Gasteiger partial charge in [-0.1, -0.05) is 34.8 Å². The maximum Gasteiger partial charge on any atom is 0.106 e. The SMILES string of the molecule is c1ccc2c(-c3ccc4snnc4c3)nccc2c1. The van der Waals surface area contributed by atoms with E-state index in [2.05, 4.69) is 38.8 Å². The number of rotatable bonds is 1. The second-order valence-corrected chi connectivity index (χ2v) is 5.12. The van der Waals surface area contributed by atoms with Gasteiger partial charge in [0.15, 0.2) is 0 Å². The van der Waals surface area contributed by atoms with Crippen LogP contribution in [0, 0.1) is 0 Å². The molecule has 0 unspecified atom stereocenters. The van der Waals surface area contributed by atoms with Crippen molar-refractivity contribution < 1.29 is 0 Å². The smallest absolute Gasteiger partial charge is 0.106 e. The molecular formula is C15H9N3S. The number of benzene rings is 2. The van der Waals surface area contributed by atoms with E-state index in [1.165, 1.54) is 16.9 Å². The van der Waals surface area contributed by atoms with Crippen LogP contribution in [0.5, 0.6) is 0 Å². The van der Waals surface area contributed by atoms with Crippen molar-refractivity contribution in [3.8, 4) is 11.3 Å². The fourth-order valence-corrected chi connectivity index (χ4v) is 2.82. The summed E-state index contributed by atoms with van der Waals surface area (Å²) in [6, 6.07) is 16.5. The minimum atomic E-state index is 0.928. The Morgan fingerprint density at radius 2 is 1.89 bits per heavy atom. The summed E-state index contributed by atoms with van der Waals surface area (Å²) in [5.41, 5.74) is 3.00. The molecule has 19 heavy (non-hydrogen) atoms. The first-order valence-corrected chi connectivity index (χ1v) is 6.75. The fourth-order valence-electron chi connectivity index (χ4n) is 2.28. The predicted octanol–water partition coefficient (Wildman–Crippen LogP) is 3.91. The Morgan fingerprint density at radius 1 is 0.947 bits per heavy atom. The highest BCUT2D eigenvalue weighted by molar-refractivity contribution is 7.12.